The zero-order valence-electron chi connectivity index (χ0n) is 9.41. The van der Waals surface area contributed by atoms with E-state index >= 15 is 0 Å². The topological polar surface area (TPSA) is 27.7 Å². The molecule has 0 unspecified atom stereocenters. The summed E-state index contributed by atoms with van der Waals surface area (Å²) in [5.74, 6) is 0. The highest BCUT2D eigenvalue weighted by atomic mass is 16.5. The fourth-order valence-electron chi connectivity index (χ4n) is 1.14. The van der Waals surface area contributed by atoms with Crippen LogP contribution in [0.25, 0.3) is 0 Å². The maximum atomic E-state index is 5.22. The van der Waals surface area contributed by atoms with Crippen molar-refractivity contribution in [1.82, 2.24) is 0 Å². The summed E-state index contributed by atoms with van der Waals surface area (Å²) in [4.78, 5) is 0. The lowest BCUT2D eigenvalue weighted by Crippen LogP contribution is -2.35. The molecule has 0 aliphatic carbocycles. The standard InChI is InChI=1S/C12H20O3/c1-5-12(9-13-6-2,10-14-7-3)11-15-8-4/h6-8H,2-5,9-11H2,1H3. The Morgan fingerprint density at radius 2 is 1.20 bits per heavy atom. The van der Waals surface area contributed by atoms with E-state index in [-0.39, 0.29) is 5.41 Å². The van der Waals surface area contributed by atoms with Crippen LogP contribution in [0.1, 0.15) is 13.3 Å². The SMILES string of the molecule is C=COCC(CC)(COC=C)COC=C. The number of hydrogen-bond acceptors (Lipinski definition) is 3. The van der Waals surface area contributed by atoms with Crippen molar-refractivity contribution in [1.29, 1.82) is 0 Å². The van der Waals surface area contributed by atoms with Gasteiger partial charge in [-0.1, -0.05) is 26.7 Å². The molecule has 0 aromatic heterocycles. The lowest BCUT2D eigenvalue weighted by Gasteiger charge is -2.30. The first-order chi connectivity index (χ1) is 7.24. The van der Waals surface area contributed by atoms with Gasteiger partial charge in [-0.05, 0) is 6.42 Å². The van der Waals surface area contributed by atoms with Crippen LogP contribution in [0.15, 0.2) is 38.5 Å². The maximum Gasteiger partial charge on any atom is 0.0994 e. The molecule has 0 N–H and O–H groups in total. The van der Waals surface area contributed by atoms with Crippen molar-refractivity contribution in [2.24, 2.45) is 5.41 Å². The van der Waals surface area contributed by atoms with Gasteiger partial charge in [0, 0.05) is 0 Å². The summed E-state index contributed by atoms with van der Waals surface area (Å²) in [6, 6.07) is 0. The Hall–Kier alpha value is -1.38. The third-order valence-electron chi connectivity index (χ3n) is 2.27. The summed E-state index contributed by atoms with van der Waals surface area (Å²) >= 11 is 0. The lowest BCUT2D eigenvalue weighted by atomic mass is 9.88. The van der Waals surface area contributed by atoms with Crippen molar-refractivity contribution in [3.63, 3.8) is 0 Å². The van der Waals surface area contributed by atoms with Gasteiger partial charge in [0.15, 0.2) is 0 Å². The van der Waals surface area contributed by atoms with Gasteiger partial charge in [-0.2, -0.15) is 0 Å². The molecular weight excluding hydrogens is 192 g/mol. The predicted octanol–water partition coefficient (Wildman–Crippen LogP) is 2.86. The zero-order chi connectivity index (χ0) is 11.6. The molecule has 0 atom stereocenters. The summed E-state index contributed by atoms with van der Waals surface area (Å²) in [5.41, 5.74) is -0.184. The van der Waals surface area contributed by atoms with Gasteiger partial charge in [-0.25, -0.2) is 0 Å². The Morgan fingerprint density at radius 3 is 1.40 bits per heavy atom. The van der Waals surface area contributed by atoms with Crippen molar-refractivity contribution in [3.05, 3.63) is 38.5 Å². The van der Waals surface area contributed by atoms with Crippen molar-refractivity contribution >= 4 is 0 Å². The molecule has 15 heavy (non-hydrogen) atoms. The van der Waals surface area contributed by atoms with Gasteiger partial charge in [-0.15, -0.1) is 0 Å². The van der Waals surface area contributed by atoms with E-state index < -0.39 is 0 Å². The van der Waals surface area contributed by atoms with Crippen LogP contribution < -0.4 is 0 Å². The van der Waals surface area contributed by atoms with Crippen LogP contribution >= 0.6 is 0 Å². The van der Waals surface area contributed by atoms with E-state index in [2.05, 4.69) is 26.7 Å². The molecule has 0 aliphatic rings. The van der Waals surface area contributed by atoms with Crippen LogP contribution in [-0.4, -0.2) is 19.8 Å². The van der Waals surface area contributed by atoms with Crippen LogP contribution in [0.3, 0.4) is 0 Å². The molecule has 0 saturated heterocycles. The third-order valence-corrected chi connectivity index (χ3v) is 2.27. The predicted molar refractivity (Wildman–Crippen MR) is 61.2 cm³/mol. The molecule has 0 heterocycles. The van der Waals surface area contributed by atoms with Gasteiger partial charge in [-0.3, -0.25) is 0 Å². The van der Waals surface area contributed by atoms with Gasteiger partial charge in [0.1, 0.15) is 0 Å². The second-order valence-electron chi connectivity index (χ2n) is 3.29. The quantitative estimate of drug-likeness (QED) is 0.521. The minimum atomic E-state index is -0.184. The maximum absolute atomic E-state index is 5.22. The minimum absolute atomic E-state index is 0.184. The summed E-state index contributed by atoms with van der Waals surface area (Å²) < 4.78 is 15.7. The summed E-state index contributed by atoms with van der Waals surface area (Å²) in [6.45, 7) is 14.1. The second-order valence-corrected chi connectivity index (χ2v) is 3.29. The fraction of sp³-hybridized carbons (Fsp3) is 0.500. The van der Waals surface area contributed by atoms with Crippen molar-refractivity contribution in [3.8, 4) is 0 Å². The first-order valence-corrected chi connectivity index (χ1v) is 4.92. The zero-order valence-corrected chi connectivity index (χ0v) is 9.41. The summed E-state index contributed by atoms with van der Waals surface area (Å²) in [7, 11) is 0. The van der Waals surface area contributed by atoms with E-state index in [0.717, 1.165) is 6.42 Å². The molecule has 3 heteroatoms. The average molecular weight is 212 g/mol. The van der Waals surface area contributed by atoms with E-state index in [4.69, 9.17) is 14.2 Å². The number of ether oxygens (including phenoxy) is 3. The largest absolute Gasteiger partial charge is 0.501 e. The van der Waals surface area contributed by atoms with Crippen LogP contribution in [0.5, 0.6) is 0 Å². The van der Waals surface area contributed by atoms with Crippen molar-refractivity contribution < 1.29 is 14.2 Å². The number of rotatable bonds is 10. The highest BCUT2D eigenvalue weighted by molar-refractivity contribution is 4.80. The Bertz CT molecular complexity index is 168. The normalized spacial score (nSPS) is 10.2. The van der Waals surface area contributed by atoms with E-state index in [0.29, 0.717) is 19.8 Å². The van der Waals surface area contributed by atoms with Crippen LogP contribution in [0.4, 0.5) is 0 Å². The molecule has 0 bridgehead atoms. The van der Waals surface area contributed by atoms with Gasteiger partial charge in [0.05, 0.1) is 44.0 Å². The second kappa shape index (κ2) is 7.97. The molecule has 0 aliphatic heterocycles. The smallest absolute Gasteiger partial charge is 0.0994 e. The van der Waals surface area contributed by atoms with Gasteiger partial charge in [0.25, 0.3) is 0 Å². The van der Waals surface area contributed by atoms with E-state index in [1.54, 1.807) is 0 Å². The van der Waals surface area contributed by atoms with E-state index in [1.807, 2.05) is 0 Å². The average Bonchev–Trinajstić information content (AvgIpc) is 2.29. The highest BCUT2D eigenvalue weighted by Gasteiger charge is 2.30. The first-order valence-electron chi connectivity index (χ1n) is 4.92. The molecule has 0 aromatic carbocycles. The molecule has 0 rings (SSSR count). The molecule has 3 nitrogen and oxygen atoms in total. The minimum Gasteiger partial charge on any atom is -0.501 e. The van der Waals surface area contributed by atoms with Crippen LogP contribution in [0, 0.1) is 5.41 Å². The Kier molecular flexibility index (Phi) is 7.24. The molecule has 0 spiro atoms. The molecular formula is C12H20O3. The summed E-state index contributed by atoms with van der Waals surface area (Å²) in [6.07, 6.45) is 5.15. The molecule has 0 aromatic rings. The molecule has 0 amide bonds. The van der Waals surface area contributed by atoms with Gasteiger partial charge >= 0.3 is 0 Å². The Labute approximate surface area is 92.0 Å². The van der Waals surface area contributed by atoms with Crippen molar-refractivity contribution in [2.45, 2.75) is 13.3 Å². The van der Waals surface area contributed by atoms with Crippen molar-refractivity contribution in [2.75, 3.05) is 19.8 Å². The van der Waals surface area contributed by atoms with Gasteiger partial charge < -0.3 is 14.2 Å². The molecule has 0 saturated carbocycles. The van der Waals surface area contributed by atoms with E-state index in [9.17, 15) is 0 Å². The van der Waals surface area contributed by atoms with Gasteiger partial charge in [0.2, 0.25) is 0 Å². The lowest BCUT2D eigenvalue weighted by molar-refractivity contribution is -0.0119. The first kappa shape index (κ1) is 13.6. The fourth-order valence-corrected chi connectivity index (χ4v) is 1.14. The van der Waals surface area contributed by atoms with Crippen LogP contribution in [-0.2, 0) is 14.2 Å². The Balaban J connectivity index is 4.34. The Morgan fingerprint density at radius 1 is 0.867 bits per heavy atom. The molecule has 0 radical (unpaired) electrons. The number of hydrogen-bond donors (Lipinski definition) is 0. The summed E-state index contributed by atoms with van der Waals surface area (Å²) in [5, 5.41) is 0. The van der Waals surface area contributed by atoms with E-state index in [1.165, 1.54) is 18.8 Å². The third kappa shape index (κ3) is 5.15. The molecule has 0 fully saturated rings. The monoisotopic (exact) mass is 212 g/mol. The molecule has 86 valence electrons. The highest BCUT2D eigenvalue weighted by Crippen LogP contribution is 2.24. The van der Waals surface area contributed by atoms with Crippen LogP contribution in [0.2, 0.25) is 0 Å².